The van der Waals surface area contributed by atoms with Crippen LogP contribution in [0, 0.1) is 13.8 Å². The van der Waals surface area contributed by atoms with Gasteiger partial charge in [0.05, 0.1) is 9.79 Å². The largest absolute Gasteiger partial charge is 0.256 e. The van der Waals surface area contributed by atoms with Crippen LogP contribution >= 0.6 is 0 Å². The number of aryl methyl sites for hydroxylation is 2. The molecule has 23 heavy (non-hydrogen) atoms. The Bertz CT molecular complexity index is 887. The van der Waals surface area contributed by atoms with Gasteiger partial charge in [0.25, 0.3) is 20.0 Å². The molecular formula is C15H18N2O4S2. The van der Waals surface area contributed by atoms with E-state index in [0.29, 0.717) is 4.41 Å². The van der Waals surface area contributed by atoms with Crippen molar-refractivity contribution in [1.29, 1.82) is 0 Å². The predicted octanol–water partition coefficient (Wildman–Crippen LogP) is 1.82. The number of rotatable bonds is 5. The molecule has 6 nitrogen and oxygen atoms in total. The van der Waals surface area contributed by atoms with Crippen LogP contribution in [0.1, 0.15) is 11.1 Å². The molecule has 0 fully saturated rings. The summed E-state index contributed by atoms with van der Waals surface area (Å²) in [4.78, 5) is 2.07. The lowest BCUT2D eigenvalue weighted by Crippen LogP contribution is -2.43. The summed E-state index contributed by atoms with van der Waals surface area (Å²) in [6.45, 7) is 3.66. The third kappa shape index (κ3) is 3.97. The van der Waals surface area contributed by atoms with Gasteiger partial charge < -0.3 is 0 Å². The summed E-state index contributed by atoms with van der Waals surface area (Å²) in [5.41, 5.74) is 1.82. The molecule has 2 aromatic rings. The Morgan fingerprint density at radius 2 is 1.13 bits per heavy atom. The van der Waals surface area contributed by atoms with Crippen LogP contribution < -0.4 is 4.83 Å². The number of sulfonamides is 2. The Hall–Kier alpha value is -1.74. The molecule has 0 amide bonds. The first-order valence-electron chi connectivity index (χ1n) is 6.78. The zero-order valence-corrected chi connectivity index (χ0v) is 14.6. The number of hydrazine groups is 1. The summed E-state index contributed by atoms with van der Waals surface area (Å²) in [6.07, 6.45) is 0. The first kappa shape index (κ1) is 17.6. The number of hydrogen-bond acceptors (Lipinski definition) is 4. The van der Waals surface area contributed by atoms with Crippen molar-refractivity contribution in [3.63, 3.8) is 0 Å². The maximum Gasteiger partial charge on any atom is 0.256 e. The van der Waals surface area contributed by atoms with Gasteiger partial charge in [0.2, 0.25) is 0 Å². The highest BCUT2D eigenvalue weighted by atomic mass is 32.2. The molecule has 0 aliphatic heterocycles. The van der Waals surface area contributed by atoms with Gasteiger partial charge in [0.15, 0.2) is 0 Å². The minimum atomic E-state index is -3.98. The van der Waals surface area contributed by atoms with Crippen LogP contribution in [0.25, 0.3) is 0 Å². The van der Waals surface area contributed by atoms with E-state index in [9.17, 15) is 16.8 Å². The number of nitrogens with zero attached hydrogens (tertiary/aromatic N) is 1. The summed E-state index contributed by atoms with van der Waals surface area (Å²) >= 11 is 0. The standard InChI is InChI=1S/C15H18N2O4S2/c1-12-4-8-14(9-5-12)22(18,19)16-17(3)23(20,21)15-10-6-13(2)7-11-15/h4-11,16H,1-3H3. The van der Waals surface area contributed by atoms with Crippen LogP contribution in [0.4, 0.5) is 0 Å². The summed E-state index contributed by atoms with van der Waals surface area (Å²) < 4.78 is 50.0. The number of benzene rings is 2. The SMILES string of the molecule is Cc1ccc(S(=O)(=O)NN(C)S(=O)(=O)c2ccc(C)cc2)cc1. The third-order valence-corrected chi connectivity index (χ3v) is 6.46. The van der Waals surface area contributed by atoms with Gasteiger partial charge in [-0.05, 0) is 38.1 Å². The van der Waals surface area contributed by atoms with Crippen molar-refractivity contribution < 1.29 is 16.8 Å². The smallest absolute Gasteiger partial charge is 0.206 e. The van der Waals surface area contributed by atoms with Crippen LogP contribution in [-0.2, 0) is 20.0 Å². The van der Waals surface area contributed by atoms with E-state index >= 15 is 0 Å². The Morgan fingerprint density at radius 1 is 0.739 bits per heavy atom. The summed E-state index contributed by atoms with van der Waals surface area (Å²) in [6, 6.07) is 12.3. The fourth-order valence-electron chi connectivity index (χ4n) is 1.86. The molecule has 0 aliphatic carbocycles. The molecule has 0 radical (unpaired) electrons. The van der Waals surface area contributed by atoms with Crippen molar-refractivity contribution >= 4 is 20.0 Å². The third-order valence-electron chi connectivity index (χ3n) is 3.26. The van der Waals surface area contributed by atoms with Crippen LogP contribution in [0.5, 0.6) is 0 Å². The van der Waals surface area contributed by atoms with Crippen molar-refractivity contribution in [1.82, 2.24) is 9.25 Å². The molecule has 8 heteroatoms. The highest BCUT2D eigenvalue weighted by Crippen LogP contribution is 2.16. The fraction of sp³-hybridized carbons (Fsp3) is 0.200. The predicted molar refractivity (Wildman–Crippen MR) is 87.6 cm³/mol. The molecule has 124 valence electrons. The fourth-order valence-corrected chi connectivity index (χ4v) is 4.28. The minimum Gasteiger partial charge on any atom is -0.206 e. The lowest BCUT2D eigenvalue weighted by Gasteiger charge is -2.18. The van der Waals surface area contributed by atoms with Crippen molar-refractivity contribution in [2.45, 2.75) is 23.6 Å². The summed E-state index contributed by atoms with van der Waals surface area (Å²) in [5, 5.41) is 0. The first-order valence-corrected chi connectivity index (χ1v) is 9.70. The highest BCUT2D eigenvalue weighted by Gasteiger charge is 2.26. The summed E-state index contributed by atoms with van der Waals surface area (Å²) in [5.74, 6) is 0. The molecule has 1 N–H and O–H groups in total. The molecule has 0 saturated carbocycles. The Labute approximate surface area is 136 Å². The van der Waals surface area contributed by atoms with Gasteiger partial charge in [-0.2, -0.15) is 0 Å². The van der Waals surface area contributed by atoms with Crippen molar-refractivity contribution in [3.05, 3.63) is 59.7 Å². The van der Waals surface area contributed by atoms with E-state index in [0.717, 1.165) is 18.2 Å². The molecule has 0 spiro atoms. The van der Waals surface area contributed by atoms with E-state index < -0.39 is 20.0 Å². The molecule has 0 aliphatic rings. The van der Waals surface area contributed by atoms with Crippen LogP contribution in [0.3, 0.4) is 0 Å². The minimum absolute atomic E-state index is 0.00550. The van der Waals surface area contributed by atoms with Crippen molar-refractivity contribution in [2.24, 2.45) is 0 Å². The lowest BCUT2D eigenvalue weighted by atomic mass is 10.2. The highest BCUT2D eigenvalue weighted by molar-refractivity contribution is 7.92. The molecule has 2 rings (SSSR count). The second-order valence-electron chi connectivity index (χ2n) is 5.19. The average molecular weight is 354 g/mol. The van der Waals surface area contributed by atoms with Crippen LogP contribution in [-0.4, -0.2) is 28.3 Å². The lowest BCUT2D eigenvalue weighted by molar-refractivity contribution is 0.432. The molecule has 2 aromatic carbocycles. The average Bonchev–Trinajstić information content (AvgIpc) is 2.47. The van der Waals surface area contributed by atoms with Crippen LogP contribution in [0.2, 0.25) is 0 Å². The van der Waals surface area contributed by atoms with Gasteiger partial charge in [-0.25, -0.2) is 16.8 Å². The quantitative estimate of drug-likeness (QED) is 0.830. The Kier molecular flexibility index (Phi) is 4.90. The van der Waals surface area contributed by atoms with E-state index in [1.165, 1.54) is 24.3 Å². The van der Waals surface area contributed by atoms with Crippen molar-refractivity contribution in [3.8, 4) is 0 Å². The van der Waals surface area contributed by atoms with Crippen molar-refractivity contribution in [2.75, 3.05) is 7.05 Å². The molecule has 0 bridgehead atoms. The van der Waals surface area contributed by atoms with E-state index in [2.05, 4.69) is 4.83 Å². The van der Waals surface area contributed by atoms with E-state index in [4.69, 9.17) is 0 Å². The molecule has 0 heterocycles. The normalized spacial score (nSPS) is 12.5. The topological polar surface area (TPSA) is 83.6 Å². The van der Waals surface area contributed by atoms with Gasteiger partial charge in [-0.1, -0.05) is 35.4 Å². The number of hydrogen-bond donors (Lipinski definition) is 1. The second kappa shape index (κ2) is 6.40. The second-order valence-corrected chi connectivity index (χ2v) is 8.82. The van der Waals surface area contributed by atoms with Crippen LogP contribution in [0.15, 0.2) is 58.3 Å². The Balaban J connectivity index is 2.28. The summed E-state index contributed by atoms with van der Waals surface area (Å²) in [7, 11) is -6.79. The number of nitrogens with one attached hydrogen (secondary N) is 1. The molecule has 0 saturated heterocycles. The Morgan fingerprint density at radius 3 is 1.57 bits per heavy atom. The van der Waals surface area contributed by atoms with E-state index in [1.807, 2.05) is 13.8 Å². The van der Waals surface area contributed by atoms with Gasteiger partial charge >= 0.3 is 0 Å². The molecule has 0 atom stereocenters. The van der Waals surface area contributed by atoms with Gasteiger partial charge in [-0.15, -0.1) is 9.25 Å². The maximum absolute atomic E-state index is 12.4. The van der Waals surface area contributed by atoms with E-state index in [1.54, 1.807) is 24.3 Å². The first-order chi connectivity index (χ1) is 10.6. The van der Waals surface area contributed by atoms with Gasteiger partial charge in [0, 0.05) is 7.05 Å². The monoisotopic (exact) mass is 354 g/mol. The van der Waals surface area contributed by atoms with E-state index in [-0.39, 0.29) is 9.79 Å². The van der Waals surface area contributed by atoms with Gasteiger partial charge in [0.1, 0.15) is 0 Å². The zero-order valence-electron chi connectivity index (χ0n) is 13.0. The molecular weight excluding hydrogens is 336 g/mol. The maximum atomic E-state index is 12.4. The van der Waals surface area contributed by atoms with Gasteiger partial charge in [-0.3, -0.25) is 0 Å². The molecule has 0 aromatic heterocycles. The molecule has 0 unspecified atom stereocenters. The zero-order chi connectivity index (χ0) is 17.3.